The van der Waals surface area contributed by atoms with Crippen molar-refractivity contribution in [2.75, 3.05) is 0 Å². The van der Waals surface area contributed by atoms with E-state index in [0.717, 1.165) is 11.3 Å². The SMILES string of the molecule is Cc1c(C(C)(C)C)nc2ccccn2c1=O. The molecule has 0 saturated carbocycles. The summed E-state index contributed by atoms with van der Waals surface area (Å²) in [6.45, 7) is 8.05. The molecule has 3 nitrogen and oxygen atoms in total. The van der Waals surface area contributed by atoms with Crippen LogP contribution in [0, 0.1) is 6.92 Å². The molecule has 2 heterocycles. The first-order chi connectivity index (χ1) is 7.41. The van der Waals surface area contributed by atoms with Gasteiger partial charge in [0, 0.05) is 17.2 Å². The molecule has 0 fully saturated rings. The number of nitrogens with zero attached hydrogens (tertiary/aromatic N) is 2. The molecule has 0 aliphatic heterocycles. The maximum absolute atomic E-state index is 12.1. The second kappa shape index (κ2) is 3.44. The summed E-state index contributed by atoms with van der Waals surface area (Å²) >= 11 is 0. The van der Waals surface area contributed by atoms with Gasteiger partial charge in [-0.25, -0.2) is 4.98 Å². The molecule has 0 aromatic carbocycles. The van der Waals surface area contributed by atoms with Gasteiger partial charge in [-0.3, -0.25) is 9.20 Å². The lowest BCUT2D eigenvalue weighted by molar-refractivity contribution is 0.562. The summed E-state index contributed by atoms with van der Waals surface area (Å²) in [5, 5.41) is 0. The van der Waals surface area contributed by atoms with Gasteiger partial charge in [0.15, 0.2) is 0 Å². The van der Waals surface area contributed by atoms with Crippen LogP contribution in [0.3, 0.4) is 0 Å². The number of aromatic nitrogens is 2. The molecule has 2 rings (SSSR count). The van der Waals surface area contributed by atoms with E-state index in [1.165, 1.54) is 0 Å². The van der Waals surface area contributed by atoms with Crippen LogP contribution in [0.4, 0.5) is 0 Å². The Morgan fingerprint density at radius 2 is 1.94 bits per heavy atom. The van der Waals surface area contributed by atoms with Crippen LogP contribution in [-0.2, 0) is 5.41 Å². The van der Waals surface area contributed by atoms with E-state index in [1.807, 2.05) is 25.1 Å². The molecular formula is C13H16N2O. The Bertz CT molecular complexity index is 591. The van der Waals surface area contributed by atoms with E-state index in [1.54, 1.807) is 10.6 Å². The predicted molar refractivity (Wildman–Crippen MR) is 64.9 cm³/mol. The lowest BCUT2D eigenvalue weighted by Crippen LogP contribution is -2.26. The second-order valence-electron chi connectivity index (χ2n) is 5.07. The minimum atomic E-state index is -0.103. The van der Waals surface area contributed by atoms with Crippen LogP contribution in [0.25, 0.3) is 5.65 Å². The average molecular weight is 216 g/mol. The molecule has 0 aliphatic carbocycles. The fourth-order valence-corrected chi connectivity index (χ4v) is 1.91. The molecule has 0 atom stereocenters. The van der Waals surface area contributed by atoms with Crippen LogP contribution in [0.5, 0.6) is 0 Å². The van der Waals surface area contributed by atoms with Crippen molar-refractivity contribution in [1.82, 2.24) is 9.38 Å². The van der Waals surface area contributed by atoms with Crippen LogP contribution in [0.2, 0.25) is 0 Å². The van der Waals surface area contributed by atoms with Crippen molar-refractivity contribution in [3.05, 3.63) is 46.0 Å². The third kappa shape index (κ3) is 1.62. The number of rotatable bonds is 0. The molecule has 0 N–H and O–H groups in total. The largest absolute Gasteiger partial charge is 0.269 e. The van der Waals surface area contributed by atoms with E-state index in [-0.39, 0.29) is 11.0 Å². The van der Waals surface area contributed by atoms with Gasteiger partial charge >= 0.3 is 0 Å². The van der Waals surface area contributed by atoms with Crippen molar-refractivity contribution in [2.45, 2.75) is 33.1 Å². The van der Waals surface area contributed by atoms with Crippen LogP contribution >= 0.6 is 0 Å². The Balaban J connectivity index is 2.90. The monoisotopic (exact) mass is 216 g/mol. The summed E-state index contributed by atoms with van der Waals surface area (Å²) in [6.07, 6.45) is 1.75. The lowest BCUT2D eigenvalue weighted by Gasteiger charge is -2.20. The zero-order valence-corrected chi connectivity index (χ0v) is 10.1. The smallest absolute Gasteiger partial charge is 0.261 e. The quantitative estimate of drug-likeness (QED) is 0.677. The molecule has 84 valence electrons. The highest BCUT2D eigenvalue weighted by molar-refractivity contribution is 5.41. The first kappa shape index (κ1) is 10.9. The van der Waals surface area contributed by atoms with Gasteiger partial charge in [-0.2, -0.15) is 0 Å². The second-order valence-corrected chi connectivity index (χ2v) is 5.07. The fourth-order valence-electron chi connectivity index (χ4n) is 1.91. The first-order valence-corrected chi connectivity index (χ1v) is 5.40. The van der Waals surface area contributed by atoms with Crippen molar-refractivity contribution >= 4 is 5.65 Å². The van der Waals surface area contributed by atoms with Gasteiger partial charge in [-0.05, 0) is 19.1 Å². The summed E-state index contributed by atoms with van der Waals surface area (Å²) in [5.41, 5.74) is 2.24. The number of hydrogen-bond acceptors (Lipinski definition) is 2. The van der Waals surface area contributed by atoms with E-state index in [2.05, 4.69) is 25.8 Å². The van der Waals surface area contributed by atoms with Crippen molar-refractivity contribution in [3.63, 3.8) is 0 Å². The van der Waals surface area contributed by atoms with Gasteiger partial charge < -0.3 is 0 Å². The molecule has 3 heteroatoms. The fraction of sp³-hybridized carbons (Fsp3) is 0.385. The number of fused-ring (bicyclic) bond motifs is 1. The molecule has 0 radical (unpaired) electrons. The summed E-state index contributed by atoms with van der Waals surface area (Å²) in [6, 6.07) is 5.59. The van der Waals surface area contributed by atoms with Crippen LogP contribution in [-0.4, -0.2) is 9.38 Å². The van der Waals surface area contributed by atoms with E-state index >= 15 is 0 Å². The van der Waals surface area contributed by atoms with Crippen LogP contribution in [0.1, 0.15) is 32.0 Å². The lowest BCUT2D eigenvalue weighted by atomic mass is 9.89. The minimum absolute atomic E-state index is 0.0236. The first-order valence-electron chi connectivity index (χ1n) is 5.40. The normalized spacial score (nSPS) is 12.0. The van der Waals surface area contributed by atoms with E-state index in [0.29, 0.717) is 5.65 Å². The summed E-state index contributed by atoms with van der Waals surface area (Å²) in [5.74, 6) is 0. The Morgan fingerprint density at radius 1 is 1.25 bits per heavy atom. The molecule has 0 amide bonds. The van der Waals surface area contributed by atoms with Crippen LogP contribution < -0.4 is 5.56 Å². The molecule has 2 aromatic rings. The average Bonchev–Trinajstić information content (AvgIpc) is 2.22. The summed E-state index contributed by atoms with van der Waals surface area (Å²) < 4.78 is 1.59. The molecular weight excluding hydrogens is 200 g/mol. The van der Waals surface area contributed by atoms with E-state index in [9.17, 15) is 4.79 Å². The summed E-state index contributed by atoms with van der Waals surface area (Å²) in [4.78, 5) is 16.7. The van der Waals surface area contributed by atoms with Crippen LogP contribution in [0.15, 0.2) is 29.2 Å². The molecule has 0 bridgehead atoms. The zero-order valence-electron chi connectivity index (χ0n) is 10.1. The van der Waals surface area contributed by atoms with E-state index < -0.39 is 0 Å². The Kier molecular flexibility index (Phi) is 2.34. The number of pyridine rings is 1. The molecule has 0 spiro atoms. The minimum Gasteiger partial charge on any atom is -0.269 e. The topological polar surface area (TPSA) is 34.4 Å². The molecule has 0 saturated heterocycles. The Morgan fingerprint density at radius 3 is 2.56 bits per heavy atom. The maximum atomic E-state index is 12.1. The van der Waals surface area contributed by atoms with Crippen molar-refractivity contribution in [2.24, 2.45) is 0 Å². The maximum Gasteiger partial charge on any atom is 0.261 e. The molecule has 0 unspecified atom stereocenters. The number of hydrogen-bond donors (Lipinski definition) is 0. The Hall–Kier alpha value is -1.64. The van der Waals surface area contributed by atoms with E-state index in [4.69, 9.17) is 0 Å². The summed E-state index contributed by atoms with van der Waals surface area (Å²) in [7, 11) is 0. The van der Waals surface area contributed by atoms with Gasteiger partial charge in [-0.15, -0.1) is 0 Å². The van der Waals surface area contributed by atoms with Crippen molar-refractivity contribution in [3.8, 4) is 0 Å². The third-order valence-electron chi connectivity index (χ3n) is 2.67. The van der Waals surface area contributed by atoms with Gasteiger partial charge in [0.25, 0.3) is 5.56 Å². The highest BCUT2D eigenvalue weighted by Crippen LogP contribution is 2.21. The highest BCUT2D eigenvalue weighted by Gasteiger charge is 2.20. The molecule has 2 aromatic heterocycles. The van der Waals surface area contributed by atoms with Gasteiger partial charge in [-0.1, -0.05) is 26.8 Å². The third-order valence-corrected chi connectivity index (χ3v) is 2.67. The zero-order chi connectivity index (χ0) is 11.9. The molecule has 16 heavy (non-hydrogen) atoms. The highest BCUT2D eigenvalue weighted by atomic mass is 16.1. The van der Waals surface area contributed by atoms with Gasteiger partial charge in [0.05, 0.1) is 5.69 Å². The Labute approximate surface area is 94.8 Å². The van der Waals surface area contributed by atoms with Gasteiger partial charge in [0.1, 0.15) is 5.65 Å². The predicted octanol–water partition coefficient (Wildman–Crippen LogP) is 2.30. The van der Waals surface area contributed by atoms with Crippen molar-refractivity contribution in [1.29, 1.82) is 0 Å². The van der Waals surface area contributed by atoms with Crippen molar-refractivity contribution < 1.29 is 0 Å². The van der Waals surface area contributed by atoms with Gasteiger partial charge in [0.2, 0.25) is 0 Å². The standard InChI is InChI=1S/C13H16N2O/c1-9-11(13(2,3)4)14-10-7-5-6-8-15(10)12(9)16/h5-8H,1-4H3. The molecule has 0 aliphatic rings.